The highest BCUT2D eigenvalue weighted by atomic mass is 15.1. The summed E-state index contributed by atoms with van der Waals surface area (Å²) in [6.45, 7) is 0. The number of hydrogen-bond donors (Lipinski definition) is 0. The van der Waals surface area contributed by atoms with Gasteiger partial charge in [0, 0.05) is 33.7 Å². The summed E-state index contributed by atoms with van der Waals surface area (Å²) >= 11 is 0. The Balaban J connectivity index is 1.27. The first kappa shape index (κ1) is 24.4. The van der Waals surface area contributed by atoms with E-state index in [9.17, 15) is 0 Å². The van der Waals surface area contributed by atoms with Crippen LogP contribution in [0.3, 0.4) is 0 Å². The van der Waals surface area contributed by atoms with Crippen LogP contribution in [0.5, 0.6) is 0 Å². The highest BCUT2D eigenvalue weighted by Crippen LogP contribution is 2.43. The number of rotatable bonds is 3. The number of aryl methyl sites for hydroxylation is 1. The average Bonchev–Trinajstić information content (AvgIpc) is 3.48. The van der Waals surface area contributed by atoms with Crippen molar-refractivity contribution in [2.45, 2.75) is 31.8 Å². The van der Waals surface area contributed by atoms with E-state index in [1.54, 1.807) is 0 Å². The lowest BCUT2D eigenvalue weighted by atomic mass is 9.97. The van der Waals surface area contributed by atoms with Crippen LogP contribution in [0.2, 0.25) is 0 Å². The minimum atomic E-state index is 0.00159. The molecule has 3 nitrogen and oxygen atoms in total. The molecule has 5 aromatic carbocycles. The van der Waals surface area contributed by atoms with Crippen molar-refractivity contribution in [3.8, 4) is 5.69 Å². The summed E-state index contributed by atoms with van der Waals surface area (Å²) < 4.78 is 4.90. The molecule has 1 aliphatic heterocycles. The fraction of sp³-hybridized carbons (Fsp3) is 0.125. The van der Waals surface area contributed by atoms with Crippen molar-refractivity contribution in [3.63, 3.8) is 0 Å². The molecule has 9 rings (SSSR count). The van der Waals surface area contributed by atoms with E-state index in [4.69, 9.17) is 4.99 Å². The number of allylic oxidation sites excluding steroid dienone is 3. The van der Waals surface area contributed by atoms with Gasteiger partial charge in [0.25, 0.3) is 0 Å². The van der Waals surface area contributed by atoms with Crippen molar-refractivity contribution in [1.29, 1.82) is 0 Å². The lowest BCUT2D eigenvalue weighted by molar-refractivity contribution is 0.560. The van der Waals surface area contributed by atoms with Crippen LogP contribution in [0.4, 0.5) is 0 Å². The topological polar surface area (TPSA) is 22.2 Å². The maximum absolute atomic E-state index is 5.48. The summed E-state index contributed by atoms with van der Waals surface area (Å²) in [6, 6.07) is 42.0. The average molecular weight is 554 g/mol. The van der Waals surface area contributed by atoms with Crippen LogP contribution in [0.1, 0.15) is 30.1 Å². The van der Waals surface area contributed by atoms with E-state index in [0.29, 0.717) is 0 Å². The van der Waals surface area contributed by atoms with Crippen molar-refractivity contribution in [2.75, 3.05) is 0 Å². The molecular weight excluding hydrogens is 522 g/mol. The molecule has 3 heterocycles. The molecule has 0 amide bonds. The third-order valence-corrected chi connectivity index (χ3v) is 9.36. The standard InChI is InChI=1S/C40H31N3/c1-2-16-30(17-3-1)42-34-21-8-6-18-31(34)39-36(42)24-25-37-40(39)32-19-7-9-22-35(32)43(37)38-23-11-20-33(41-38)29-15-10-14-27-12-4-5-13-28(27)26-29/h1-9,11-13,15-22,24-25,38H,10,14,23,26H2. The van der Waals surface area contributed by atoms with Crippen LogP contribution in [0.15, 0.2) is 144 Å². The molecule has 43 heavy (non-hydrogen) atoms. The fourth-order valence-electron chi connectivity index (χ4n) is 7.48. The monoisotopic (exact) mass is 553 g/mol. The Hall–Kier alpha value is -5.15. The van der Waals surface area contributed by atoms with Gasteiger partial charge in [-0.15, -0.1) is 0 Å². The van der Waals surface area contributed by atoms with Gasteiger partial charge in [-0.05, 0) is 78.4 Å². The molecule has 206 valence electrons. The van der Waals surface area contributed by atoms with Crippen LogP contribution in [0, 0.1) is 0 Å². The molecule has 3 heteroatoms. The summed E-state index contributed by atoms with van der Waals surface area (Å²) in [7, 11) is 0. The van der Waals surface area contributed by atoms with Gasteiger partial charge in [-0.3, -0.25) is 4.99 Å². The summed E-state index contributed by atoms with van der Waals surface area (Å²) in [5.41, 5.74) is 11.5. The van der Waals surface area contributed by atoms with E-state index in [1.165, 1.54) is 66.0 Å². The second-order valence-corrected chi connectivity index (χ2v) is 11.8. The minimum Gasteiger partial charge on any atom is -0.317 e. The van der Waals surface area contributed by atoms with Crippen molar-refractivity contribution in [3.05, 3.63) is 150 Å². The maximum Gasteiger partial charge on any atom is 0.129 e. The molecule has 1 atom stereocenters. The zero-order chi connectivity index (χ0) is 28.3. The van der Waals surface area contributed by atoms with E-state index in [2.05, 4.69) is 143 Å². The molecule has 0 saturated heterocycles. The van der Waals surface area contributed by atoms with Gasteiger partial charge in [0.2, 0.25) is 0 Å². The van der Waals surface area contributed by atoms with Gasteiger partial charge < -0.3 is 9.13 Å². The highest BCUT2D eigenvalue weighted by Gasteiger charge is 2.24. The zero-order valence-electron chi connectivity index (χ0n) is 23.9. The van der Waals surface area contributed by atoms with Crippen molar-refractivity contribution in [2.24, 2.45) is 4.99 Å². The molecule has 0 saturated carbocycles. The SMILES string of the molecule is C1=CC(C2=CCCc3ccccc3C2)=NC(n2c3ccccc3c3c4c5ccccc5n(-c5ccccc5)c4ccc32)C1. The number of hydrogen-bond acceptors (Lipinski definition) is 1. The summed E-state index contributed by atoms with van der Waals surface area (Å²) in [5, 5.41) is 5.19. The number of aliphatic imine (C=N–C) groups is 1. The quantitative estimate of drug-likeness (QED) is 0.208. The molecule has 7 aromatic rings. The van der Waals surface area contributed by atoms with Gasteiger partial charge in [-0.1, -0.05) is 91.0 Å². The van der Waals surface area contributed by atoms with Gasteiger partial charge >= 0.3 is 0 Å². The zero-order valence-corrected chi connectivity index (χ0v) is 23.9. The van der Waals surface area contributed by atoms with E-state index >= 15 is 0 Å². The van der Waals surface area contributed by atoms with Crippen molar-refractivity contribution in [1.82, 2.24) is 9.13 Å². The van der Waals surface area contributed by atoms with Crippen LogP contribution in [-0.4, -0.2) is 14.8 Å². The summed E-state index contributed by atoms with van der Waals surface area (Å²) in [4.78, 5) is 5.48. The van der Waals surface area contributed by atoms with Crippen molar-refractivity contribution < 1.29 is 0 Å². The van der Waals surface area contributed by atoms with Crippen molar-refractivity contribution >= 4 is 49.3 Å². The Morgan fingerprint density at radius 3 is 2.14 bits per heavy atom. The molecule has 1 unspecified atom stereocenters. The predicted octanol–water partition coefficient (Wildman–Crippen LogP) is 9.91. The first-order valence-corrected chi connectivity index (χ1v) is 15.4. The largest absolute Gasteiger partial charge is 0.317 e. The van der Waals surface area contributed by atoms with E-state index < -0.39 is 0 Å². The predicted molar refractivity (Wildman–Crippen MR) is 181 cm³/mol. The minimum absolute atomic E-state index is 0.00159. The lowest BCUT2D eigenvalue weighted by Crippen LogP contribution is -2.14. The van der Waals surface area contributed by atoms with Gasteiger partial charge in [0.05, 0.1) is 27.8 Å². The number of benzene rings is 5. The van der Waals surface area contributed by atoms with Gasteiger partial charge in [-0.2, -0.15) is 0 Å². The normalized spacial score (nSPS) is 16.9. The Morgan fingerprint density at radius 1 is 0.605 bits per heavy atom. The van der Waals surface area contributed by atoms with E-state index in [1.807, 2.05) is 0 Å². The second kappa shape index (κ2) is 9.71. The number of aromatic nitrogens is 2. The summed E-state index contributed by atoms with van der Waals surface area (Å²) in [5.74, 6) is 0. The smallest absolute Gasteiger partial charge is 0.129 e. The number of fused-ring (bicyclic) bond motifs is 8. The molecular formula is C40H31N3. The van der Waals surface area contributed by atoms with Crippen LogP contribution >= 0.6 is 0 Å². The van der Waals surface area contributed by atoms with E-state index in [-0.39, 0.29) is 6.17 Å². The lowest BCUT2D eigenvalue weighted by Gasteiger charge is -2.21. The molecule has 1 aliphatic carbocycles. The third kappa shape index (κ3) is 3.78. The first-order valence-electron chi connectivity index (χ1n) is 15.4. The highest BCUT2D eigenvalue weighted by molar-refractivity contribution is 6.28. The van der Waals surface area contributed by atoms with Crippen LogP contribution in [0.25, 0.3) is 49.3 Å². The van der Waals surface area contributed by atoms with Gasteiger partial charge in [-0.25, -0.2) is 0 Å². The molecule has 0 N–H and O–H groups in total. The number of dihydropyridines is 1. The fourth-order valence-corrected chi connectivity index (χ4v) is 7.48. The molecule has 0 spiro atoms. The second-order valence-electron chi connectivity index (χ2n) is 11.8. The van der Waals surface area contributed by atoms with Gasteiger partial charge in [0.15, 0.2) is 0 Å². The number of para-hydroxylation sites is 3. The third-order valence-electron chi connectivity index (χ3n) is 9.36. The molecule has 0 bridgehead atoms. The molecule has 2 aromatic heterocycles. The van der Waals surface area contributed by atoms with Crippen LogP contribution < -0.4 is 0 Å². The Labute approximate surface area is 250 Å². The number of nitrogens with zero attached hydrogens (tertiary/aromatic N) is 3. The maximum atomic E-state index is 5.48. The molecule has 2 aliphatic rings. The summed E-state index contributed by atoms with van der Waals surface area (Å²) in [6.07, 6.45) is 11.0. The molecule has 0 radical (unpaired) electrons. The Kier molecular flexibility index (Phi) is 5.52. The molecule has 0 fully saturated rings. The Morgan fingerprint density at radius 2 is 1.28 bits per heavy atom. The van der Waals surface area contributed by atoms with Crippen LogP contribution in [-0.2, 0) is 12.8 Å². The first-order chi connectivity index (χ1) is 21.3. The Bertz CT molecular complexity index is 2290. The van der Waals surface area contributed by atoms with Gasteiger partial charge in [0.1, 0.15) is 6.17 Å². The van der Waals surface area contributed by atoms with E-state index in [0.717, 1.165) is 31.4 Å².